The van der Waals surface area contributed by atoms with Crippen molar-refractivity contribution >= 4 is 45.5 Å². The van der Waals surface area contributed by atoms with E-state index >= 15 is 0 Å². The lowest BCUT2D eigenvalue weighted by Gasteiger charge is -2.26. The van der Waals surface area contributed by atoms with E-state index in [4.69, 9.17) is 9.47 Å². The van der Waals surface area contributed by atoms with E-state index in [1.807, 2.05) is 44.2 Å². The second-order valence-corrected chi connectivity index (χ2v) is 8.97. The van der Waals surface area contributed by atoms with Gasteiger partial charge >= 0.3 is 6.03 Å². The number of amides is 4. The summed E-state index contributed by atoms with van der Waals surface area (Å²) < 4.78 is 12.3. The van der Waals surface area contributed by atoms with Crippen LogP contribution in [0.4, 0.5) is 10.5 Å². The predicted molar refractivity (Wildman–Crippen MR) is 136 cm³/mol. The molecule has 178 valence electrons. The van der Waals surface area contributed by atoms with Crippen molar-refractivity contribution in [2.75, 3.05) is 12.0 Å². The number of aryl methyl sites for hydroxylation is 2. The second-order valence-electron chi connectivity index (χ2n) is 8.05. The fraction of sp³-hybridized carbons (Fsp3) is 0.148. The molecule has 1 aliphatic rings. The van der Waals surface area contributed by atoms with Crippen LogP contribution in [0, 0.1) is 13.8 Å². The Labute approximate surface area is 211 Å². The zero-order valence-electron chi connectivity index (χ0n) is 19.4. The Morgan fingerprint density at radius 3 is 2.34 bits per heavy atom. The summed E-state index contributed by atoms with van der Waals surface area (Å²) in [5, 5.41) is 2.24. The monoisotopic (exact) mass is 534 g/mol. The van der Waals surface area contributed by atoms with Crippen molar-refractivity contribution in [1.29, 1.82) is 0 Å². The van der Waals surface area contributed by atoms with Gasteiger partial charge in [-0.05, 0) is 78.6 Å². The highest BCUT2D eigenvalue weighted by Crippen LogP contribution is 2.31. The van der Waals surface area contributed by atoms with Crippen LogP contribution in [0.15, 0.2) is 70.7 Å². The van der Waals surface area contributed by atoms with E-state index in [0.29, 0.717) is 29.4 Å². The largest absolute Gasteiger partial charge is 0.493 e. The molecule has 1 aliphatic heterocycles. The lowest BCUT2D eigenvalue weighted by atomic mass is 10.0. The smallest absolute Gasteiger partial charge is 0.335 e. The lowest BCUT2D eigenvalue weighted by Crippen LogP contribution is -2.54. The molecule has 3 aromatic rings. The first-order chi connectivity index (χ1) is 16.8. The summed E-state index contributed by atoms with van der Waals surface area (Å²) in [6.45, 7) is 4.17. The third kappa shape index (κ3) is 5.27. The van der Waals surface area contributed by atoms with Crippen LogP contribution in [0.25, 0.3) is 6.08 Å². The van der Waals surface area contributed by atoms with Crippen molar-refractivity contribution in [2.24, 2.45) is 0 Å². The number of hydrogen-bond donors (Lipinski definition) is 1. The van der Waals surface area contributed by atoms with Gasteiger partial charge in [-0.15, -0.1) is 0 Å². The first-order valence-electron chi connectivity index (χ1n) is 10.8. The summed E-state index contributed by atoms with van der Waals surface area (Å²) in [4.78, 5) is 39.1. The molecule has 0 aliphatic carbocycles. The molecule has 0 aromatic heterocycles. The fourth-order valence-corrected chi connectivity index (χ4v) is 3.82. The molecule has 0 unspecified atom stereocenters. The lowest BCUT2D eigenvalue weighted by molar-refractivity contribution is -0.122. The number of methoxy groups -OCH3 is 1. The molecule has 1 heterocycles. The van der Waals surface area contributed by atoms with E-state index in [0.717, 1.165) is 26.1 Å². The van der Waals surface area contributed by atoms with Gasteiger partial charge in [-0.1, -0.05) is 40.2 Å². The highest BCUT2D eigenvalue weighted by atomic mass is 79.9. The van der Waals surface area contributed by atoms with Crippen LogP contribution in [0.3, 0.4) is 0 Å². The Bertz CT molecular complexity index is 1350. The third-order valence-corrected chi connectivity index (χ3v) is 6.19. The van der Waals surface area contributed by atoms with Gasteiger partial charge in [0.1, 0.15) is 12.2 Å². The van der Waals surface area contributed by atoms with Gasteiger partial charge in [-0.3, -0.25) is 14.9 Å². The maximum atomic E-state index is 13.2. The van der Waals surface area contributed by atoms with Gasteiger partial charge in [-0.25, -0.2) is 9.69 Å². The Morgan fingerprint density at radius 1 is 0.914 bits per heavy atom. The number of anilines is 1. The van der Waals surface area contributed by atoms with Gasteiger partial charge in [-0.2, -0.15) is 0 Å². The molecule has 1 N–H and O–H groups in total. The van der Waals surface area contributed by atoms with Crippen molar-refractivity contribution in [1.82, 2.24) is 5.32 Å². The summed E-state index contributed by atoms with van der Waals surface area (Å²) in [5.74, 6) is -0.489. The number of barbiturate groups is 1. The van der Waals surface area contributed by atoms with E-state index in [9.17, 15) is 14.4 Å². The molecule has 35 heavy (non-hydrogen) atoms. The number of urea groups is 1. The Kier molecular flexibility index (Phi) is 7.02. The summed E-state index contributed by atoms with van der Waals surface area (Å²) >= 11 is 3.41. The van der Waals surface area contributed by atoms with Crippen LogP contribution in [-0.4, -0.2) is 25.0 Å². The van der Waals surface area contributed by atoms with Crippen molar-refractivity contribution in [3.63, 3.8) is 0 Å². The molecule has 0 radical (unpaired) electrons. The molecule has 0 atom stereocenters. The highest BCUT2D eigenvalue weighted by molar-refractivity contribution is 9.10. The van der Waals surface area contributed by atoms with Crippen molar-refractivity contribution in [2.45, 2.75) is 20.5 Å². The summed E-state index contributed by atoms with van der Waals surface area (Å²) in [6.07, 6.45) is 1.43. The number of halogens is 1. The number of ether oxygens (including phenoxy) is 2. The molecular weight excluding hydrogens is 512 g/mol. The zero-order chi connectivity index (χ0) is 25.1. The Balaban J connectivity index is 1.59. The average Bonchev–Trinajstić information content (AvgIpc) is 2.83. The normalized spacial score (nSPS) is 14.8. The number of rotatable bonds is 6. The van der Waals surface area contributed by atoms with Crippen LogP contribution >= 0.6 is 15.9 Å². The average molecular weight is 535 g/mol. The number of nitrogens with zero attached hydrogens (tertiary/aromatic N) is 1. The van der Waals surface area contributed by atoms with Gasteiger partial charge in [0.2, 0.25) is 0 Å². The van der Waals surface area contributed by atoms with Crippen LogP contribution < -0.4 is 19.7 Å². The van der Waals surface area contributed by atoms with Crippen LogP contribution in [-0.2, 0) is 16.2 Å². The number of carbonyl (C=O) groups is 3. The van der Waals surface area contributed by atoms with Gasteiger partial charge in [0, 0.05) is 4.47 Å². The van der Waals surface area contributed by atoms with Gasteiger partial charge in [0.05, 0.1) is 12.8 Å². The zero-order valence-corrected chi connectivity index (χ0v) is 21.0. The number of nitrogens with one attached hydrogen (secondary N) is 1. The fourth-order valence-electron chi connectivity index (χ4n) is 3.56. The summed E-state index contributed by atoms with van der Waals surface area (Å²) in [7, 11) is 1.51. The van der Waals surface area contributed by atoms with Gasteiger partial charge < -0.3 is 9.47 Å². The molecule has 1 fully saturated rings. The second kappa shape index (κ2) is 10.1. The maximum Gasteiger partial charge on any atom is 0.335 e. The number of hydrogen-bond acceptors (Lipinski definition) is 5. The quantitative estimate of drug-likeness (QED) is 0.341. The minimum atomic E-state index is -0.783. The molecule has 7 nitrogen and oxygen atoms in total. The minimum absolute atomic E-state index is 0.159. The van der Waals surface area contributed by atoms with Crippen LogP contribution in [0.2, 0.25) is 0 Å². The molecule has 1 saturated heterocycles. The molecule has 4 amide bonds. The van der Waals surface area contributed by atoms with E-state index in [1.165, 1.54) is 13.2 Å². The Morgan fingerprint density at radius 2 is 1.66 bits per heavy atom. The topological polar surface area (TPSA) is 84.9 Å². The Hall–Kier alpha value is -3.91. The number of carbonyl (C=O) groups excluding carboxylic acids is 3. The van der Waals surface area contributed by atoms with Crippen molar-refractivity contribution in [3.8, 4) is 11.5 Å². The van der Waals surface area contributed by atoms with E-state index in [-0.39, 0.29) is 5.57 Å². The minimum Gasteiger partial charge on any atom is -0.493 e. The van der Waals surface area contributed by atoms with Gasteiger partial charge in [0.15, 0.2) is 11.5 Å². The number of imide groups is 2. The van der Waals surface area contributed by atoms with Gasteiger partial charge in [0.25, 0.3) is 11.8 Å². The third-order valence-electron chi connectivity index (χ3n) is 5.66. The predicted octanol–water partition coefficient (Wildman–Crippen LogP) is 5.32. The maximum absolute atomic E-state index is 13.2. The summed E-state index contributed by atoms with van der Waals surface area (Å²) in [5.41, 5.74) is 3.72. The molecule has 4 rings (SSSR count). The molecule has 8 heteroatoms. The molecule has 0 spiro atoms. The molecule has 3 aromatic carbocycles. The first-order valence-corrected chi connectivity index (χ1v) is 11.6. The number of benzene rings is 3. The molecular formula is C27H23BrN2O5. The molecule has 0 saturated carbocycles. The highest BCUT2D eigenvalue weighted by Gasteiger charge is 2.36. The first kappa shape index (κ1) is 24.2. The van der Waals surface area contributed by atoms with E-state index in [2.05, 4.69) is 21.2 Å². The van der Waals surface area contributed by atoms with Crippen molar-refractivity contribution < 1.29 is 23.9 Å². The SMILES string of the molecule is COc1cc(/C=C2\C(=O)NC(=O)N(c3ccc(C)c(C)c3)C2=O)ccc1OCc1ccc(Br)cc1. The molecule has 0 bridgehead atoms. The van der Waals surface area contributed by atoms with Crippen molar-refractivity contribution in [3.05, 3.63) is 93.0 Å². The van der Waals surface area contributed by atoms with E-state index in [1.54, 1.807) is 30.3 Å². The summed E-state index contributed by atoms with van der Waals surface area (Å²) in [6, 6.07) is 17.3. The van der Waals surface area contributed by atoms with Crippen LogP contribution in [0.1, 0.15) is 22.3 Å². The standard InChI is InChI=1S/C27H23BrN2O5/c1-16-4-10-21(12-17(16)2)30-26(32)22(25(31)29-27(30)33)13-19-7-11-23(24(14-19)34-3)35-15-18-5-8-20(28)9-6-18/h4-14H,15H2,1-3H3,(H,29,31,33)/b22-13+. The van der Waals surface area contributed by atoms with Crippen LogP contribution in [0.5, 0.6) is 11.5 Å². The van der Waals surface area contributed by atoms with E-state index < -0.39 is 17.8 Å².